The number of nitriles is 1. The van der Waals surface area contributed by atoms with Crippen LogP contribution in [-0.2, 0) is 11.4 Å². The van der Waals surface area contributed by atoms with Gasteiger partial charge in [0.05, 0.1) is 4.47 Å². The second-order valence-corrected chi connectivity index (χ2v) is 6.36. The summed E-state index contributed by atoms with van der Waals surface area (Å²) in [6, 6.07) is 13.4. The molecule has 0 aliphatic heterocycles. The van der Waals surface area contributed by atoms with Gasteiger partial charge in [-0.05, 0) is 59.1 Å². The number of amides is 1. The van der Waals surface area contributed by atoms with Gasteiger partial charge < -0.3 is 10.5 Å². The third kappa shape index (κ3) is 4.71. The van der Waals surface area contributed by atoms with Crippen LogP contribution >= 0.6 is 15.9 Å². The van der Waals surface area contributed by atoms with Crippen LogP contribution in [0.15, 0.2) is 46.4 Å². The molecule has 5 heteroatoms. The van der Waals surface area contributed by atoms with Crippen molar-refractivity contribution in [2.45, 2.75) is 20.5 Å². The number of primary amides is 1. The Bertz CT molecular complexity index is 831. The summed E-state index contributed by atoms with van der Waals surface area (Å²) in [7, 11) is 0. The monoisotopic (exact) mass is 384 g/mol. The molecule has 0 saturated heterocycles. The minimum absolute atomic E-state index is 0.0918. The molecule has 0 saturated carbocycles. The van der Waals surface area contributed by atoms with E-state index in [1.54, 1.807) is 24.3 Å². The molecule has 0 aromatic heterocycles. The van der Waals surface area contributed by atoms with Crippen molar-refractivity contribution >= 4 is 27.9 Å². The minimum atomic E-state index is -0.747. The number of hydrogen-bond acceptors (Lipinski definition) is 3. The SMILES string of the molecule is Cc1cc(C)cc(COc2ccc(/C=C(\C#N)C(N)=O)cc2Br)c1. The topological polar surface area (TPSA) is 76.1 Å². The van der Waals surface area contributed by atoms with E-state index in [0.29, 0.717) is 17.9 Å². The van der Waals surface area contributed by atoms with Gasteiger partial charge in [0.15, 0.2) is 0 Å². The average molecular weight is 385 g/mol. The van der Waals surface area contributed by atoms with E-state index in [9.17, 15) is 4.79 Å². The van der Waals surface area contributed by atoms with E-state index in [0.717, 1.165) is 10.0 Å². The molecule has 0 aliphatic rings. The standard InChI is InChI=1S/C19H17BrN2O2/c1-12-5-13(2)7-15(6-12)11-24-18-4-3-14(9-17(18)20)8-16(10-21)19(22)23/h3-9H,11H2,1-2H3,(H2,22,23)/b16-8+. The van der Waals surface area contributed by atoms with Crippen molar-refractivity contribution in [3.63, 3.8) is 0 Å². The fourth-order valence-electron chi connectivity index (χ4n) is 2.36. The van der Waals surface area contributed by atoms with Gasteiger partial charge in [0.25, 0.3) is 5.91 Å². The smallest absolute Gasteiger partial charge is 0.259 e. The molecule has 2 aromatic rings. The van der Waals surface area contributed by atoms with Crippen molar-refractivity contribution in [1.82, 2.24) is 0 Å². The van der Waals surface area contributed by atoms with Gasteiger partial charge in [0.1, 0.15) is 24.0 Å². The van der Waals surface area contributed by atoms with Gasteiger partial charge >= 0.3 is 0 Å². The van der Waals surface area contributed by atoms with Crippen LogP contribution in [0.25, 0.3) is 6.08 Å². The third-order valence-corrected chi connectivity index (χ3v) is 3.95. The molecule has 2 N–H and O–H groups in total. The van der Waals surface area contributed by atoms with Gasteiger partial charge in [-0.2, -0.15) is 5.26 Å². The molecule has 0 bridgehead atoms. The lowest BCUT2D eigenvalue weighted by molar-refractivity contribution is -0.114. The molecule has 0 aliphatic carbocycles. The first-order chi connectivity index (χ1) is 11.4. The summed E-state index contributed by atoms with van der Waals surface area (Å²) < 4.78 is 6.58. The Hall–Kier alpha value is -2.58. The molecule has 1 amide bonds. The van der Waals surface area contributed by atoms with Gasteiger partial charge in [-0.1, -0.05) is 35.4 Å². The van der Waals surface area contributed by atoms with Crippen molar-refractivity contribution in [3.05, 3.63) is 68.7 Å². The molecular weight excluding hydrogens is 368 g/mol. The first-order valence-corrected chi connectivity index (χ1v) is 8.09. The predicted octanol–water partition coefficient (Wildman–Crippen LogP) is 4.04. The van der Waals surface area contributed by atoms with Crippen LogP contribution < -0.4 is 10.5 Å². The molecular formula is C19H17BrN2O2. The zero-order chi connectivity index (χ0) is 17.7. The Labute approximate surface area is 149 Å². The number of hydrogen-bond donors (Lipinski definition) is 1. The second-order valence-electron chi connectivity index (χ2n) is 5.51. The highest BCUT2D eigenvalue weighted by Crippen LogP contribution is 2.28. The molecule has 4 nitrogen and oxygen atoms in total. The lowest BCUT2D eigenvalue weighted by Crippen LogP contribution is -2.12. The number of nitrogens with zero attached hydrogens (tertiary/aromatic N) is 1. The number of halogens is 1. The average Bonchev–Trinajstić information content (AvgIpc) is 2.50. The minimum Gasteiger partial charge on any atom is -0.488 e. The number of benzene rings is 2. The lowest BCUT2D eigenvalue weighted by atomic mass is 10.1. The Morgan fingerprint density at radius 2 is 1.92 bits per heavy atom. The number of rotatable bonds is 5. The fraction of sp³-hybridized carbons (Fsp3) is 0.158. The van der Waals surface area contributed by atoms with E-state index < -0.39 is 5.91 Å². The third-order valence-electron chi connectivity index (χ3n) is 3.33. The number of aryl methyl sites for hydroxylation is 2. The van der Waals surface area contributed by atoms with Crippen molar-refractivity contribution in [2.75, 3.05) is 0 Å². The van der Waals surface area contributed by atoms with Crippen LogP contribution in [0.3, 0.4) is 0 Å². The van der Waals surface area contributed by atoms with Crippen molar-refractivity contribution in [2.24, 2.45) is 5.73 Å². The molecule has 0 radical (unpaired) electrons. The molecule has 0 unspecified atom stereocenters. The Kier molecular flexibility index (Phi) is 5.78. The molecule has 2 rings (SSSR count). The largest absolute Gasteiger partial charge is 0.488 e. The summed E-state index contributed by atoms with van der Waals surface area (Å²) in [6.45, 7) is 4.57. The molecule has 0 spiro atoms. The van der Waals surface area contributed by atoms with Crippen molar-refractivity contribution in [1.29, 1.82) is 5.26 Å². The molecule has 0 heterocycles. The lowest BCUT2D eigenvalue weighted by Gasteiger charge is -2.10. The normalized spacial score (nSPS) is 11.0. The summed E-state index contributed by atoms with van der Waals surface area (Å²) in [5, 5.41) is 8.88. The maximum absolute atomic E-state index is 11.1. The van der Waals surface area contributed by atoms with Crippen molar-refractivity contribution < 1.29 is 9.53 Å². The van der Waals surface area contributed by atoms with E-state index in [4.69, 9.17) is 15.7 Å². The van der Waals surface area contributed by atoms with Gasteiger partial charge in [0.2, 0.25) is 0 Å². The maximum Gasteiger partial charge on any atom is 0.259 e. The Morgan fingerprint density at radius 1 is 1.25 bits per heavy atom. The Balaban J connectivity index is 2.16. The first-order valence-electron chi connectivity index (χ1n) is 7.30. The van der Waals surface area contributed by atoms with E-state index in [1.807, 2.05) is 0 Å². The molecule has 2 aromatic carbocycles. The van der Waals surface area contributed by atoms with Gasteiger partial charge in [-0.3, -0.25) is 4.79 Å². The fourth-order valence-corrected chi connectivity index (χ4v) is 2.87. The zero-order valence-corrected chi connectivity index (χ0v) is 15.1. The second kappa shape index (κ2) is 7.80. The van der Waals surface area contributed by atoms with Gasteiger partial charge in [0, 0.05) is 0 Å². The summed E-state index contributed by atoms with van der Waals surface area (Å²) >= 11 is 3.45. The van der Waals surface area contributed by atoms with Gasteiger partial charge in [-0.25, -0.2) is 0 Å². The first kappa shape index (κ1) is 17.8. The number of carbonyl (C=O) groups is 1. The van der Waals surface area contributed by atoms with Gasteiger partial charge in [-0.15, -0.1) is 0 Å². The van der Waals surface area contributed by atoms with E-state index in [1.165, 1.54) is 17.2 Å². The predicted molar refractivity (Wildman–Crippen MR) is 97.2 cm³/mol. The zero-order valence-electron chi connectivity index (χ0n) is 13.5. The van der Waals surface area contributed by atoms with E-state index in [2.05, 4.69) is 48.0 Å². The molecule has 0 atom stereocenters. The number of ether oxygens (including phenoxy) is 1. The van der Waals surface area contributed by atoms with Crippen LogP contribution in [0.2, 0.25) is 0 Å². The van der Waals surface area contributed by atoms with Crippen LogP contribution in [0.1, 0.15) is 22.3 Å². The highest BCUT2D eigenvalue weighted by atomic mass is 79.9. The maximum atomic E-state index is 11.1. The summed E-state index contributed by atoms with van der Waals surface area (Å²) in [4.78, 5) is 11.1. The van der Waals surface area contributed by atoms with Crippen LogP contribution in [0, 0.1) is 25.2 Å². The highest BCUT2D eigenvalue weighted by Gasteiger charge is 2.06. The number of carbonyl (C=O) groups excluding carboxylic acids is 1. The van der Waals surface area contributed by atoms with Crippen LogP contribution in [0.5, 0.6) is 5.75 Å². The summed E-state index contributed by atoms with van der Waals surface area (Å²) in [5.74, 6) is -0.0624. The summed E-state index contributed by atoms with van der Waals surface area (Å²) in [6.07, 6.45) is 1.45. The molecule has 0 fully saturated rings. The highest BCUT2D eigenvalue weighted by molar-refractivity contribution is 9.10. The Morgan fingerprint density at radius 3 is 2.46 bits per heavy atom. The molecule has 122 valence electrons. The van der Waals surface area contributed by atoms with Crippen LogP contribution in [-0.4, -0.2) is 5.91 Å². The van der Waals surface area contributed by atoms with E-state index in [-0.39, 0.29) is 5.57 Å². The van der Waals surface area contributed by atoms with Crippen LogP contribution in [0.4, 0.5) is 0 Å². The summed E-state index contributed by atoms with van der Waals surface area (Å²) in [5.41, 5.74) is 9.23. The molecule has 24 heavy (non-hydrogen) atoms. The van der Waals surface area contributed by atoms with E-state index >= 15 is 0 Å². The number of nitrogens with two attached hydrogens (primary N) is 1. The quantitative estimate of drug-likeness (QED) is 0.624. The van der Waals surface area contributed by atoms with Crippen molar-refractivity contribution in [3.8, 4) is 11.8 Å².